The first-order valence-corrected chi connectivity index (χ1v) is 10.8. The minimum absolute atomic E-state index is 0.164. The van der Waals surface area contributed by atoms with Crippen LogP contribution in [0.2, 0.25) is 0 Å². The van der Waals surface area contributed by atoms with Crippen molar-refractivity contribution < 1.29 is 23.8 Å². The Hall–Kier alpha value is -4.85. The molecule has 0 unspecified atom stereocenters. The summed E-state index contributed by atoms with van der Waals surface area (Å²) in [6.07, 6.45) is 1.46. The normalized spacial score (nSPS) is 10.3. The predicted octanol–water partition coefficient (Wildman–Crippen LogP) is 4.57. The zero-order valence-corrected chi connectivity index (χ0v) is 18.7. The lowest BCUT2D eigenvalue weighted by Gasteiger charge is -2.10. The van der Waals surface area contributed by atoms with Gasteiger partial charge in [-0.2, -0.15) is 0 Å². The molecule has 176 valence electrons. The lowest BCUT2D eigenvalue weighted by atomic mass is 10.2. The van der Waals surface area contributed by atoms with E-state index in [1.165, 1.54) is 12.3 Å². The van der Waals surface area contributed by atoms with Gasteiger partial charge in [-0.25, -0.2) is 4.98 Å². The Morgan fingerprint density at radius 1 is 0.800 bits per heavy atom. The number of rotatable bonds is 10. The van der Waals surface area contributed by atoms with Gasteiger partial charge in [0.15, 0.2) is 6.61 Å². The van der Waals surface area contributed by atoms with Crippen molar-refractivity contribution in [2.24, 2.45) is 5.73 Å². The third kappa shape index (κ3) is 7.06. The fourth-order valence-corrected chi connectivity index (χ4v) is 3.07. The quantitative estimate of drug-likeness (QED) is 0.352. The molecule has 0 aliphatic carbocycles. The molecule has 3 aromatic carbocycles. The van der Waals surface area contributed by atoms with E-state index in [0.29, 0.717) is 41.0 Å². The number of primary amides is 1. The second kappa shape index (κ2) is 11.3. The van der Waals surface area contributed by atoms with Crippen molar-refractivity contribution in [3.63, 3.8) is 0 Å². The Kier molecular flexibility index (Phi) is 7.55. The fourth-order valence-electron chi connectivity index (χ4n) is 3.07. The Morgan fingerprint density at radius 2 is 1.54 bits per heavy atom. The molecular formula is C27H23N3O5. The van der Waals surface area contributed by atoms with Gasteiger partial charge in [-0.3, -0.25) is 9.59 Å². The van der Waals surface area contributed by atoms with Gasteiger partial charge in [0.2, 0.25) is 11.8 Å². The molecule has 0 radical (unpaired) electrons. The highest BCUT2D eigenvalue weighted by atomic mass is 16.5. The minimum Gasteiger partial charge on any atom is -0.489 e. The highest BCUT2D eigenvalue weighted by Gasteiger charge is 2.07. The number of nitrogens with zero attached hydrogens (tertiary/aromatic N) is 1. The predicted molar refractivity (Wildman–Crippen MR) is 131 cm³/mol. The van der Waals surface area contributed by atoms with Gasteiger partial charge < -0.3 is 25.3 Å². The maximum absolute atomic E-state index is 12.2. The number of ether oxygens (including phenoxy) is 3. The van der Waals surface area contributed by atoms with E-state index in [1.54, 1.807) is 54.6 Å². The minimum atomic E-state index is -0.545. The molecule has 1 heterocycles. The zero-order chi connectivity index (χ0) is 24.5. The standard InChI is InChI=1S/C27H23N3O5/c28-27(32)20-7-4-8-24(15-20)35-26-14-9-21(16-29-26)30-25(31)18-34-23-12-10-22(11-13-23)33-17-19-5-2-1-3-6-19/h1-16H,17-18H2,(H2,28,32)(H,30,31). The Labute approximate surface area is 202 Å². The van der Waals surface area contributed by atoms with Crippen molar-refractivity contribution in [2.45, 2.75) is 6.61 Å². The number of hydrogen-bond donors (Lipinski definition) is 2. The van der Waals surface area contributed by atoms with Gasteiger partial charge in [-0.05, 0) is 54.1 Å². The lowest BCUT2D eigenvalue weighted by Crippen LogP contribution is -2.20. The summed E-state index contributed by atoms with van der Waals surface area (Å²) in [4.78, 5) is 27.7. The van der Waals surface area contributed by atoms with Gasteiger partial charge in [-0.15, -0.1) is 0 Å². The van der Waals surface area contributed by atoms with Crippen LogP contribution in [0.15, 0.2) is 97.2 Å². The van der Waals surface area contributed by atoms with Crippen LogP contribution in [0.5, 0.6) is 23.1 Å². The summed E-state index contributed by atoms with van der Waals surface area (Å²) in [5, 5.41) is 2.71. The number of amides is 2. The Morgan fingerprint density at radius 3 is 2.23 bits per heavy atom. The molecule has 0 spiro atoms. The number of pyridine rings is 1. The number of anilines is 1. The third-order valence-corrected chi connectivity index (χ3v) is 4.80. The second-order valence-corrected chi connectivity index (χ2v) is 7.46. The van der Waals surface area contributed by atoms with Crippen LogP contribution in [0.25, 0.3) is 0 Å². The molecule has 0 fully saturated rings. The molecule has 8 nitrogen and oxygen atoms in total. The highest BCUT2D eigenvalue weighted by Crippen LogP contribution is 2.22. The Balaban J connectivity index is 1.22. The van der Waals surface area contributed by atoms with E-state index in [1.807, 2.05) is 30.3 Å². The van der Waals surface area contributed by atoms with E-state index in [9.17, 15) is 9.59 Å². The lowest BCUT2D eigenvalue weighted by molar-refractivity contribution is -0.118. The van der Waals surface area contributed by atoms with Crippen molar-refractivity contribution in [3.8, 4) is 23.1 Å². The molecule has 4 aromatic rings. The van der Waals surface area contributed by atoms with Crippen LogP contribution in [-0.4, -0.2) is 23.4 Å². The maximum atomic E-state index is 12.2. The van der Waals surface area contributed by atoms with Gasteiger partial charge in [-0.1, -0.05) is 36.4 Å². The molecule has 8 heteroatoms. The van der Waals surface area contributed by atoms with Crippen LogP contribution < -0.4 is 25.3 Å². The first-order valence-electron chi connectivity index (χ1n) is 10.8. The molecule has 0 aliphatic rings. The van der Waals surface area contributed by atoms with Crippen LogP contribution in [0, 0.1) is 0 Å². The molecular weight excluding hydrogens is 446 g/mol. The van der Waals surface area contributed by atoms with Gasteiger partial charge >= 0.3 is 0 Å². The molecule has 35 heavy (non-hydrogen) atoms. The van der Waals surface area contributed by atoms with Gasteiger partial charge in [0.25, 0.3) is 5.91 Å². The van der Waals surface area contributed by atoms with E-state index in [4.69, 9.17) is 19.9 Å². The van der Waals surface area contributed by atoms with Gasteiger partial charge in [0, 0.05) is 11.6 Å². The SMILES string of the molecule is NC(=O)c1cccc(Oc2ccc(NC(=O)COc3ccc(OCc4ccccc4)cc3)cn2)c1. The van der Waals surface area contributed by atoms with E-state index >= 15 is 0 Å². The summed E-state index contributed by atoms with van der Waals surface area (Å²) in [6.45, 7) is 0.309. The number of nitrogens with two attached hydrogens (primary N) is 1. The van der Waals surface area contributed by atoms with E-state index in [0.717, 1.165) is 5.56 Å². The van der Waals surface area contributed by atoms with Crippen LogP contribution in [0.1, 0.15) is 15.9 Å². The van der Waals surface area contributed by atoms with E-state index < -0.39 is 5.91 Å². The molecule has 3 N–H and O–H groups in total. The van der Waals surface area contributed by atoms with Crippen LogP contribution in [-0.2, 0) is 11.4 Å². The third-order valence-electron chi connectivity index (χ3n) is 4.80. The number of nitrogens with one attached hydrogen (secondary N) is 1. The van der Waals surface area contributed by atoms with Crippen LogP contribution in [0.3, 0.4) is 0 Å². The summed E-state index contributed by atoms with van der Waals surface area (Å²) in [5.41, 5.74) is 7.18. The van der Waals surface area contributed by atoms with Crippen molar-refractivity contribution >= 4 is 17.5 Å². The largest absolute Gasteiger partial charge is 0.489 e. The first kappa shape index (κ1) is 23.3. The first-order chi connectivity index (χ1) is 17.0. The molecule has 1 aromatic heterocycles. The molecule has 0 atom stereocenters. The summed E-state index contributed by atoms with van der Waals surface area (Å²) in [7, 11) is 0. The van der Waals surface area contributed by atoms with Crippen molar-refractivity contribution in [2.75, 3.05) is 11.9 Å². The number of hydrogen-bond acceptors (Lipinski definition) is 6. The Bertz CT molecular complexity index is 1280. The van der Waals surface area contributed by atoms with Crippen LogP contribution >= 0.6 is 0 Å². The highest BCUT2D eigenvalue weighted by molar-refractivity contribution is 5.93. The van der Waals surface area contributed by atoms with Crippen molar-refractivity contribution in [3.05, 3.63) is 108 Å². The maximum Gasteiger partial charge on any atom is 0.262 e. The molecule has 0 saturated carbocycles. The molecule has 0 saturated heterocycles. The average Bonchev–Trinajstić information content (AvgIpc) is 2.89. The molecule has 2 amide bonds. The molecule has 4 rings (SSSR count). The summed E-state index contributed by atoms with van der Waals surface area (Å²) in [5.74, 6) is 1.11. The second-order valence-electron chi connectivity index (χ2n) is 7.46. The van der Waals surface area contributed by atoms with Crippen molar-refractivity contribution in [1.82, 2.24) is 4.98 Å². The van der Waals surface area contributed by atoms with Gasteiger partial charge in [0.1, 0.15) is 23.9 Å². The summed E-state index contributed by atoms with van der Waals surface area (Å²) in [6, 6.07) is 26.7. The summed E-state index contributed by atoms with van der Waals surface area (Å²) < 4.78 is 16.9. The number of carbonyl (C=O) groups excluding carboxylic acids is 2. The number of carbonyl (C=O) groups is 2. The average molecular weight is 469 g/mol. The van der Waals surface area contributed by atoms with Crippen LogP contribution in [0.4, 0.5) is 5.69 Å². The topological polar surface area (TPSA) is 113 Å². The zero-order valence-electron chi connectivity index (χ0n) is 18.7. The number of benzene rings is 3. The van der Waals surface area contributed by atoms with Gasteiger partial charge in [0.05, 0.1) is 11.9 Å². The molecule has 0 aliphatic heterocycles. The smallest absolute Gasteiger partial charge is 0.262 e. The fraction of sp³-hybridized carbons (Fsp3) is 0.0741. The van der Waals surface area contributed by atoms with E-state index in [-0.39, 0.29) is 12.5 Å². The van der Waals surface area contributed by atoms with E-state index in [2.05, 4.69) is 10.3 Å². The van der Waals surface area contributed by atoms with Crippen molar-refractivity contribution in [1.29, 1.82) is 0 Å². The summed E-state index contributed by atoms with van der Waals surface area (Å²) >= 11 is 0. The molecule has 0 bridgehead atoms. The monoisotopic (exact) mass is 469 g/mol. The number of aromatic nitrogens is 1.